The third kappa shape index (κ3) is 7.16. The molecular weight excluding hydrogens is 459 g/mol. The standard InChI is InChI=1S/C29H36P.BrH/c1-26(2)18-10-5-3-4-6-17-25-30(27-19-11-7-12-20-27,28-21-13-8-14-22-28)29-23-15-9-16-24-29;/h5,7-16,19-24,26H,3-4,6,17-18,25H2,1-2H3;1H/q+1;/p-1/b10-5+;. The summed E-state index contributed by atoms with van der Waals surface area (Å²) < 4.78 is 0. The molecule has 0 aliphatic heterocycles. The minimum atomic E-state index is -1.65. The normalized spacial score (nSPS) is 11.6. The molecule has 0 aliphatic rings. The first-order chi connectivity index (χ1) is 14.7. The van der Waals surface area contributed by atoms with E-state index in [0.29, 0.717) is 0 Å². The number of unbranched alkanes of at least 4 members (excludes halogenated alkanes) is 3. The van der Waals surface area contributed by atoms with Gasteiger partial charge in [-0.15, -0.1) is 0 Å². The van der Waals surface area contributed by atoms with Gasteiger partial charge in [0.1, 0.15) is 23.2 Å². The van der Waals surface area contributed by atoms with Crippen LogP contribution >= 0.6 is 7.26 Å². The highest BCUT2D eigenvalue weighted by Gasteiger charge is 2.44. The molecule has 0 saturated carbocycles. The summed E-state index contributed by atoms with van der Waals surface area (Å²) >= 11 is 0. The highest BCUT2D eigenvalue weighted by molar-refractivity contribution is 7.95. The molecule has 2 heteroatoms. The maximum atomic E-state index is 2.38. The van der Waals surface area contributed by atoms with Crippen molar-refractivity contribution in [1.82, 2.24) is 0 Å². The fraction of sp³-hybridized carbons (Fsp3) is 0.310. The van der Waals surface area contributed by atoms with Crippen LogP contribution in [0, 0.1) is 5.92 Å². The van der Waals surface area contributed by atoms with Gasteiger partial charge in [0.05, 0.1) is 6.16 Å². The van der Waals surface area contributed by atoms with Crippen LogP contribution in [0.4, 0.5) is 0 Å². The molecular formula is C29H36BrP. The largest absolute Gasteiger partial charge is 1.00 e. The lowest BCUT2D eigenvalue weighted by molar-refractivity contribution is -0.00000618. The average Bonchev–Trinajstić information content (AvgIpc) is 2.80. The first-order valence-electron chi connectivity index (χ1n) is 11.4. The predicted octanol–water partition coefficient (Wildman–Crippen LogP) is 4.15. The van der Waals surface area contributed by atoms with E-state index in [2.05, 4.69) is 117 Å². The molecule has 164 valence electrons. The topological polar surface area (TPSA) is 0 Å². The summed E-state index contributed by atoms with van der Waals surface area (Å²) in [7, 11) is -1.65. The molecule has 0 saturated heterocycles. The number of hydrogen-bond acceptors (Lipinski definition) is 0. The van der Waals surface area contributed by atoms with E-state index >= 15 is 0 Å². The molecule has 0 N–H and O–H groups in total. The van der Waals surface area contributed by atoms with Gasteiger partial charge in [0.2, 0.25) is 0 Å². The van der Waals surface area contributed by atoms with Gasteiger partial charge in [0, 0.05) is 0 Å². The van der Waals surface area contributed by atoms with Crippen molar-refractivity contribution in [2.45, 2.75) is 46.0 Å². The number of benzene rings is 3. The number of rotatable bonds is 11. The minimum Gasteiger partial charge on any atom is -1.00 e. The maximum absolute atomic E-state index is 2.38. The quantitative estimate of drug-likeness (QED) is 0.213. The third-order valence-corrected chi connectivity index (χ3v) is 10.3. The SMILES string of the molecule is CC(C)C/C=C/CCCCC[P+](c1ccccc1)(c1ccccc1)c1ccccc1.[Br-]. The Hall–Kier alpha value is -1.69. The Morgan fingerprint density at radius 2 is 1.06 bits per heavy atom. The number of allylic oxidation sites excluding steroid dienone is 2. The Kier molecular flexibility index (Phi) is 11.3. The molecule has 0 bridgehead atoms. The van der Waals surface area contributed by atoms with Crippen LogP contribution in [0.15, 0.2) is 103 Å². The lowest BCUT2D eigenvalue weighted by Gasteiger charge is -2.27. The van der Waals surface area contributed by atoms with Gasteiger partial charge in [0.15, 0.2) is 0 Å². The van der Waals surface area contributed by atoms with Crippen molar-refractivity contribution in [2.24, 2.45) is 5.92 Å². The zero-order chi connectivity index (χ0) is 21.1. The van der Waals surface area contributed by atoms with Gasteiger partial charge >= 0.3 is 0 Å². The molecule has 0 nitrogen and oxygen atoms in total. The van der Waals surface area contributed by atoms with E-state index < -0.39 is 7.26 Å². The molecule has 0 radical (unpaired) electrons. The third-order valence-electron chi connectivity index (χ3n) is 5.73. The van der Waals surface area contributed by atoms with Crippen LogP contribution in [-0.2, 0) is 0 Å². The molecule has 3 aromatic carbocycles. The van der Waals surface area contributed by atoms with Crippen LogP contribution < -0.4 is 32.9 Å². The summed E-state index contributed by atoms with van der Waals surface area (Å²) in [6.07, 6.45) is 12.2. The molecule has 0 amide bonds. The van der Waals surface area contributed by atoms with E-state index in [1.165, 1.54) is 54.2 Å². The molecule has 0 atom stereocenters. The van der Waals surface area contributed by atoms with Crippen molar-refractivity contribution < 1.29 is 17.0 Å². The van der Waals surface area contributed by atoms with Gasteiger partial charge in [-0.3, -0.25) is 0 Å². The van der Waals surface area contributed by atoms with Gasteiger partial charge in [-0.05, 0) is 74.4 Å². The summed E-state index contributed by atoms with van der Waals surface area (Å²) in [4.78, 5) is 0. The molecule has 0 fully saturated rings. The Morgan fingerprint density at radius 1 is 0.613 bits per heavy atom. The summed E-state index contributed by atoms with van der Waals surface area (Å²) in [6, 6.07) is 33.7. The molecule has 0 heterocycles. The predicted molar refractivity (Wildman–Crippen MR) is 137 cm³/mol. The van der Waals surface area contributed by atoms with E-state index in [1.54, 1.807) is 0 Å². The summed E-state index contributed by atoms with van der Waals surface area (Å²) in [5.41, 5.74) is 0. The monoisotopic (exact) mass is 494 g/mol. The van der Waals surface area contributed by atoms with Crippen LogP contribution in [-0.4, -0.2) is 6.16 Å². The fourth-order valence-corrected chi connectivity index (χ4v) is 8.57. The van der Waals surface area contributed by atoms with E-state index in [0.717, 1.165) is 5.92 Å². The Morgan fingerprint density at radius 3 is 1.48 bits per heavy atom. The van der Waals surface area contributed by atoms with Gasteiger partial charge in [-0.2, -0.15) is 0 Å². The number of hydrogen-bond donors (Lipinski definition) is 0. The van der Waals surface area contributed by atoms with Crippen LogP contribution in [0.3, 0.4) is 0 Å². The molecule has 3 aromatic rings. The lowest BCUT2D eigenvalue weighted by atomic mass is 10.1. The maximum Gasteiger partial charge on any atom is 0.112 e. The summed E-state index contributed by atoms with van der Waals surface area (Å²) in [5, 5.41) is 4.50. The fourth-order valence-electron chi connectivity index (χ4n) is 4.16. The summed E-state index contributed by atoms with van der Waals surface area (Å²) in [5.74, 6) is 0.759. The van der Waals surface area contributed by atoms with Gasteiger partial charge in [0.25, 0.3) is 0 Å². The van der Waals surface area contributed by atoms with Crippen molar-refractivity contribution in [1.29, 1.82) is 0 Å². The first-order valence-corrected chi connectivity index (χ1v) is 13.4. The Balaban J connectivity index is 0.00000341. The number of halogens is 1. The van der Waals surface area contributed by atoms with Crippen molar-refractivity contribution in [2.75, 3.05) is 6.16 Å². The molecule has 0 aliphatic carbocycles. The zero-order valence-corrected chi connectivity index (χ0v) is 21.4. The molecule has 0 spiro atoms. The first kappa shape index (κ1) is 25.6. The lowest BCUT2D eigenvalue weighted by Crippen LogP contribution is -3.00. The van der Waals surface area contributed by atoms with E-state index in [1.807, 2.05) is 0 Å². The van der Waals surface area contributed by atoms with Crippen molar-refractivity contribution in [3.05, 3.63) is 103 Å². The minimum absolute atomic E-state index is 0. The molecule has 0 aromatic heterocycles. The van der Waals surface area contributed by atoms with E-state index in [9.17, 15) is 0 Å². The van der Waals surface area contributed by atoms with Crippen molar-refractivity contribution in [3.8, 4) is 0 Å². The second-order valence-corrected chi connectivity index (χ2v) is 12.1. The van der Waals surface area contributed by atoms with Crippen LogP contribution in [0.2, 0.25) is 0 Å². The second kappa shape index (κ2) is 13.7. The molecule has 31 heavy (non-hydrogen) atoms. The Bertz CT molecular complexity index is 776. The molecule has 0 unspecified atom stereocenters. The van der Waals surface area contributed by atoms with Gasteiger partial charge in [-0.1, -0.05) is 80.6 Å². The van der Waals surface area contributed by atoms with Crippen LogP contribution in [0.1, 0.15) is 46.0 Å². The highest BCUT2D eigenvalue weighted by atomic mass is 79.9. The van der Waals surface area contributed by atoms with Crippen LogP contribution in [0.5, 0.6) is 0 Å². The Labute approximate surface area is 200 Å². The van der Waals surface area contributed by atoms with Crippen LogP contribution in [0.25, 0.3) is 0 Å². The zero-order valence-electron chi connectivity index (χ0n) is 19.0. The molecule has 3 rings (SSSR count). The van der Waals surface area contributed by atoms with Crippen molar-refractivity contribution in [3.63, 3.8) is 0 Å². The van der Waals surface area contributed by atoms with Crippen molar-refractivity contribution >= 4 is 23.2 Å². The smallest absolute Gasteiger partial charge is 0.112 e. The van der Waals surface area contributed by atoms with Gasteiger partial charge < -0.3 is 17.0 Å². The van der Waals surface area contributed by atoms with Gasteiger partial charge in [-0.25, -0.2) is 0 Å². The highest BCUT2D eigenvalue weighted by Crippen LogP contribution is 2.55. The van der Waals surface area contributed by atoms with E-state index in [4.69, 9.17) is 0 Å². The second-order valence-electron chi connectivity index (χ2n) is 8.49. The summed E-state index contributed by atoms with van der Waals surface area (Å²) in [6.45, 7) is 4.56. The van der Waals surface area contributed by atoms with E-state index in [-0.39, 0.29) is 17.0 Å². The average molecular weight is 495 g/mol.